The summed E-state index contributed by atoms with van der Waals surface area (Å²) in [6.45, 7) is -0.0727. The molecule has 170 valence electrons. The molecule has 1 spiro atoms. The highest BCUT2D eigenvalue weighted by Gasteiger charge is 2.70. The number of carboxylic acids is 1. The predicted molar refractivity (Wildman–Crippen MR) is 114 cm³/mol. The van der Waals surface area contributed by atoms with Crippen LogP contribution in [-0.4, -0.2) is 39.7 Å². The molecule has 2 aromatic carbocycles. The first kappa shape index (κ1) is 21.5. The largest absolute Gasteiger partial charge is 0.481 e. The molecule has 0 unspecified atom stereocenters. The number of nitrogens with zero attached hydrogens (tertiary/aromatic N) is 1. The number of nitrogens with one attached hydrogen (secondary N) is 2. The van der Waals surface area contributed by atoms with Crippen molar-refractivity contribution in [1.29, 1.82) is 0 Å². The molecule has 3 heterocycles. The highest BCUT2D eigenvalue weighted by molar-refractivity contribution is 6.31. The first-order chi connectivity index (χ1) is 15.7. The Hall–Kier alpha value is -3.30. The van der Waals surface area contributed by atoms with Gasteiger partial charge in [0.2, 0.25) is 17.7 Å². The van der Waals surface area contributed by atoms with Crippen molar-refractivity contribution in [3.05, 3.63) is 64.4 Å². The van der Waals surface area contributed by atoms with E-state index in [2.05, 4.69) is 10.6 Å². The van der Waals surface area contributed by atoms with E-state index in [4.69, 9.17) is 11.6 Å². The van der Waals surface area contributed by atoms with E-state index in [1.54, 1.807) is 18.2 Å². The topological polar surface area (TPSA) is 116 Å². The van der Waals surface area contributed by atoms with Gasteiger partial charge in [0.05, 0.1) is 18.4 Å². The Balaban J connectivity index is 1.58. The molecule has 3 amide bonds. The van der Waals surface area contributed by atoms with Crippen LogP contribution < -0.4 is 10.6 Å². The first-order valence-electron chi connectivity index (χ1n) is 10.4. The Morgan fingerprint density at radius 2 is 1.85 bits per heavy atom. The van der Waals surface area contributed by atoms with Gasteiger partial charge in [0, 0.05) is 28.7 Å². The fraction of sp³-hybridized carbons (Fsp3) is 0.304. The number of carbonyl (C=O) groups is 4. The van der Waals surface area contributed by atoms with Gasteiger partial charge >= 0.3 is 5.97 Å². The molecule has 2 aromatic rings. The molecule has 8 nitrogen and oxygen atoms in total. The van der Waals surface area contributed by atoms with E-state index in [-0.39, 0.29) is 19.4 Å². The smallest absolute Gasteiger partial charge is 0.303 e. The summed E-state index contributed by atoms with van der Waals surface area (Å²) < 4.78 is 13.3. The van der Waals surface area contributed by atoms with Gasteiger partial charge in [0.1, 0.15) is 11.4 Å². The maximum atomic E-state index is 13.6. The van der Waals surface area contributed by atoms with Crippen LogP contribution in [0.4, 0.5) is 10.1 Å². The zero-order chi connectivity index (χ0) is 23.5. The number of anilines is 1. The summed E-state index contributed by atoms with van der Waals surface area (Å²) in [5, 5.41) is 15.5. The number of carbonyl (C=O) groups excluding carboxylic acids is 3. The summed E-state index contributed by atoms with van der Waals surface area (Å²) >= 11 is 6.19. The second-order valence-electron chi connectivity index (χ2n) is 8.53. The number of carboxylic acid groups (broad SMARTS) is 1. The van der Waals surface area contributed by atoms with Gasteiger partial charge in [-0.05, 0) is 42.3 Å². The minimum Gasteiger partial charge on any atom is -0.481 e. The van der Waals surface area contributed by atoms with Crippen LogP contribution in [0.15, 0.2) is 42.5 Å². The fourth-order valence-electron chi connectivity index (χ4n) is 5.29. The van der Waals surface area contributed by atoms with E-state index in [1.807, 2.05) is 0 Å². The van der Waals surface area contributed by atoms with E-state index >= 15 is 0 Å². The standard InChI is InChI=1S/C23H19ClFN3O5/c24-12-3-6-15-14(9-12)23(22(33)26-15)19-18(16(27-23)7-8-17(29)30)20(31)28(21(19)32)10-11-1-4-13(25)5-2-11/h1-6,9,16,18-19,27H,7-8,10H2,(H,26,33)(H,29,30)/t16-,18-,19+,23+/m1/s1. The molecule has 4 atom stereocenters. The van der Waals surface area contributed by atoms with Crippen molar-refractivity contribution in [3.8, 4) is 0 Å². The number of imide groups is 1. The summed E-state index contributed by atoms with van der Waals surface area (Å²) in [6.07, 6.45) is -0.175. The lowest BCUT2D eigenvalue weighted by Gasteiger charge is -2.29. The third-order valence-electron chi connectivity index (χ3n) is 6.69. The maximum absolute atomic E-state index is 13.6. The van der Waals surface area contributed by atoms with E-state index in [0.717, 1.165) is 4.90 Å². The van der Waals surface area contributed by atoms with Crippen molar-refractivity contribution in [3.63, 3.8) is 0 Å². The van der Waals surface area contributed by atoms with Gasteiger partial charge in [0.25, 0.3) is 0 Å². The molecule has 3 aliphatic heterocycles. The Bertz CT molecular complexity index is 1200. The normalized spacial score (nSPS) is 27.8. The Morgan fingerprint density at radius 1 is 1.12 bits per heavy atom. The zero-order valence-electron chi connectivity index (χ0n) is 17.2. The van der Waals surface area contributed by atoms with Gasteiger partial charge in [0.15, 0.2) is 0 Å². The monoisotopic (exact) mass is 471 g/mol. The molecule has 0 radical (unpaired) electrons. The van der Waals surface area contributed by atoms with Gasteiger partial charge < -0.3 is 10.4 Å². The predicted octanol–water partition coefficient (Wildman–Crippen LogP) is 2.26. The second kappa shape index (κ2) is 7.64. The molecule has 2 saturated heterocycles. The van der Waals surface area contributed by atoms with Gasteiger partial charge in [-0.15, -0.1) is 0 Å². The number of aliphatic carboxylic acids is 1. The number of hydrogen-bond acceptors (Lipinski definition) is 5. The molecule has 0 bridgehead atoms. The van der Waals surface area contributed by atoms with Crippen LogP contribution in [0.5, 0.6) is 0 Å². The molecule has 0 aliphatic carbocycles. The molecular formula is C23H19ClFN3O5. The number of halogens is 2. The van der Waals surface area contributed by atoms with Gasteiger partial charge in [-0.2, -0.15) is 0 Å². The van der Waals surface area contributed by atoms with E-state index in [9.17, 15) is 28.7 Å². The van der Waals surface area contributed by atoms with Crippen LogP contribution >= 0.6 is 11.6 Å². The molecule has 0 aromatic heterocycles. The fourth-order valence-corrected chi connectivity index (χ4v) is 5.46. The van der Waals surface area contributed by atoms with Crippen molar-refractivity contribution in [1.82, 2.24) is 10.2 Å². The van der Waals surface area contributed by atoms with Crippen molar-refractivity contribution in [2.45, 2.75) is 31.0 Å². The zero-order valence-corrected chi connectivity index (χ0v) is 17.9. The lowest BCUT2D eigenvalue weighted by Crippen LogP contribution is -2.53. The third-order valence-corrected chi connectivity index (χ3v) is 6.93. The Labute approximate surface area is 192 Å². The first-order valence-corrected chi connectivity index (χ1v) is 10.8. The summed E-state index contributed by atoms with van der Waals surface area (Å²) in [5.74, 6) is -4.99. The van der Waals surface area contributed by atoms with Crippen LogP contribution in [0.1, 0.15) is 24.0 Å². The van der Waals surface area contributed by atoms with Crippen molar-refractivity contribution < 1.29 is 28.7 Å². The second-order valence-corrected chi connectivity index (χ2v) is 8.96. The molecule has 3 aliphatic rings. The average Bonchev–Trinajstić information content (AvgIpc) is 3.34. The molecule has 3 N–H and O–H groups in total. The van der Waals surface area contributed by atoms with Crippen LogP contribution in [-0.2, 0) is 31.3 Å². The average molecular weight is 472 g/mol. The highest BCUT2D eigenvalue weighted by atomic mass is 35.5. The third kappa shape index (κ3) is 3.22. The SMILES string of the molecule is O=C(O)CC[C@H]1N[C@]2(C(=O)Nc3ccc(Cl)cc32)[C@@H]2C(=O)N(Cc3ccc(F)cc3)C(=O)[C@@H]21. The quantitative estimate of drug-likeness (QED) is 0.576. The number of benzene rings is 2. The molecule has 0 saturated carbocycles. The lowest BCUT2D eigenvalue weighted by atomic mass is 9.76. The van der Waals surface area contributed by atoms with E-state index < -0.39 is 52.9 Å². The Kier molecular flexibility index (Phi) is 4.98. The maximum Gasteiger partial charge on any atom is 0.303 e. The van der Waals surface area contributed by atoms with Crippen molar-refractivity contribution in [2.75, 3.05) is 5.32 Å². The molecular weight excluding hydrogens is 453 g/mol. The van der Waals surface area contributed by atoms with Crippen LogP contribution in [0.3, 0.4) is 0 Å². The van der Waals surface area contributed by atoms with Crippen LogP contribution in [0, 0.1) is 17.7 Å². The summed E-state index contributed by atoms with van der Waals surface area (Å²) in [5.41, 5.74) is -0.0518. The number of rotatable bonds is 5. The Morgan fingerprint density at radius 3 is 2.55 bits per heavy atom. The van der Waals surface area contributed by atoms with Crippen LogP contribution in [0.25, 0.3) is 0 Å². The van der Waals surface area contributed by atoms with Gasteiger partial charge in [-0.3, -0.25) is 29.4 Å². The minimum atomic E-state index is -1.54. The van der Waals surface area contributed by atoms with E-state index in [0.29, 0.717) is 21.8 Å². The highest BCUT2D eigenvalue weighted by Crippen LogP contribution is 2.54. The van der Waals surface area contributed by atoms with Crippen LogP contribution in [0.2, 0.25) is 5.02 Å². The van der Waals surface area contributed by atoms with Crippen molar-refractivity contribution in [2.24, 2.45) is 11.8 Å². The van der Waals surface area contributed by atoms with Crippen molar-refractivity contribution >= 4 is 41.0 Å². The lowest BCUT2D eigenvalue weighted by molar-refractivity contribution is -0.144. The molecule has 33 heavy (non-hydrogen) atoms. The summed E-state index contributed by atoms with van der Waals surface area (Å²) in [4.78, 5) is 52.6. The summed E-state index contributed by atoms with van der Waals surface area (Å²) in [6, 6.07) is 9.55. The molecule has 5 rings (SSSR count). The molecule has 10 heteroatoms. The summed E-state index contributed by atoms with van der Waals surface area (Å²) in [7, 11) is 0. The van der Waals surface area contributed by atoms with Gasteiger partial charge in [-0.25, -0.2) is 4.39 Å². The number of amides is 3. The van der Waals surface area contributed by atoms with Gasteiger partial charge in [-0.1, -0.05) is 23.7 Å². The number of fused-ring (bicyclic) bond motifs is 4. The number of likely N-dealkylation sites (tertiary alicyclic amines) is 1. The minimum absolute atomic E-state index is 0.0604. The number of hydrogen-bond donors (Lipinski definition) is 3. The molecule has 2 fully saturated rings. The van der Waals surface area contributed by atoms with E-state index in [1.165, 1.54) is 24.3 Å².